The van der Waals surface area contributed by atoms with Gasteiger partial charge in [-0.25, -0.2) is 0 Å². The standard InChI is InChI=1S/C15H24N2OS/c1-5-17(6-2)13-9-7-12(8-10-13)16-15(18)14(19)11(3)4/h7-11,14,19H,5-6H2,1-4H3,(H,16,18). The number of anilines is 2. The van der Waals surface area contributed by atoms with Gasteiger partial charge in [0.05, 0.1) is 5.25 Å². The van der Waals surface area contributed by atoms with Crippen molar-refractivity contribution in [3.8, 4) is 0 Å². The Morgan fingerprint density at radius 2 is 1.74 bits per heavy atom. The topological polar surface area (TPSA) is 32.3 Å². The Morgan fingerprint density at radius 1 is 1.21 bits per heavy atom. The molecule has 3 nitrogen and oxygen atoms in total. The maximum absolute atomic E-state index is 11.9. The van der Waals surface area contributed by atoms with Crippen molar-refractivity contribution in [3.63, 3.8) is 0 Å². The van der Waals surface area contributed by atoms with Crippen molar-refractivity contribution >= 4 is 29.9 Å². The van der Waals surface area contributed by atoms with E-state index in [9.17, 15) is 4.79 Å². The lowest BCUT2D eigenvalue weighted by Crippen LogP contribution is -2.27. The highest BCUT2D eigenvalue weighted by Crippen LogP contribution is 2.19. The second kappa shape index (κ2) is 7.43. The quantitative estimate of drug-likeness (QED) is 0.783. The van der Waals surface area contributed by atoms with Gasteiger partial charge in [0, 0.05) is 24.5 Å². The highest BCUT2D eigenvalue weighted by Gasteiger charge is 2.17. The fourth-order valence-electron chi connectivity index (χ4n) is 1.86. The molecule has 0 aliphatic carbocycles. The monoisotopic (exact) mass is 280 g/mol. The number of nitrogens with one attached hydrogen (secondary N) is 1. The highest BCUT2D eigenvalue weighted by molar-refractivity contribution is 7.81. The van der Waals surface area contributed by atoms with Crippen molar-refractivity contribution in [2.75, 3.05) is 23.3 Å². The lowest BCUT2D eigenvalue weighted by molar-refractivity contribution is -0.116. The number of thiol groups is 1. The molecule has 0 aromatic heterocycles. The van der Waals surface area contributed by atoms with Crippen LogP contribution < -0.4 is 10.2 Å². The van der Waals surface area contributed by atoms with Crippen LogP contribution in [0.3, 0.4) is 0 Å². The van der Waals surface area contributed by atoms with E-state index in [1.165, 1.54) is 5.69 Å². The molecule has 0 spiro atoms. The molecule has 1 atom stereocenters. The predicted octanol–water partition coefficient (Wildman–Crippen LogP) is 3.43. The first kappa shape index (κ1) is 15.9. The maximum Gasteiger partial charge on any atom is 0.237 e. The SMILES string of the molecule is CCN(CC)c1ccc(NC(=O)C(S)C(C)C)cc1. The second-order valence-corrected chi connectivity index (χ2v) is 5.45. The first-order chi connectivity index (χ1) is 8.99. The molecule has 4 heteroatoms. The lowest BCUT2D eigenvalue weighted by atomic mass is 10.1. The third kappa shape index (κ3) is 4.46. The van der Waals surface area contributed by atoms with Gasteiger partial charge < -0.3 is 10.2 Å². The molecule has 0 saturated heterocycles. The van der Waals surface area contributed by atoms with Gasteiger partial charge in [-0.3, -0.25) is 4.79 Å². The molecule has 0 aliphatic rings. The van der Waals surface area contributed by atoms with Crippen LogP contribution in [0.1, 0.15) is 27.7 Å². The van der Waals surface area contributed by atoms with E-state index in [4.69, 9.17) is 0 Å². The van der Waals surface area contributed by atoms with Crippen LogP contribution in [0.15, 0.2) is 24.3 Å². The molecule has 1 aromatic carbocycles. The highest BCUT2D eigenvalue weighted by atomic mass is 32.1. The maximum atomic E-state index is 11.9. The summed E-state index contributed by atoms with van der Waals surface area (Å²) < 4.78 is 0. The molecule has 0 radical (unpaired) electrons. The number of carbonyl (C=O) groups excluding carboxylic acids is 1. The molecule has 1 N–H and O–H groups in total. The summed E-state index contributed by atoms with van der Waals surface area (Å²) in [6, 6.07) is 7.94. The van der Waals surface area contributed by atoms with Crippen molar-refractivity contribution in [1.82, 2.24) is 0 Å². The van der Waals surface area contributed by atoms with Crippen LogP contribution >= 0.6 is 12.6 Å². The van der Waals surface area contributed by atoms with Gasteiger partial charge in [-0.1, -0.05) is 13.8 Å². The Bertz CT molecular complexity index is 399. The van der Waals surface area contributed by atoms with Crippen molar-refractivity contribution in [2.24, 2.45) is 5.92 Å². The molecule has 0 fully saturated rings. The molecule has 1 aromatic rings. The Hall–Kier alpha value is -1.16. The number of hydrogen-bond donors (Lipinski definition) is 2. The van der Waals surface area contributed by atoms with Gasteiger partial charge in [-0.05, 0) is 44.0 Å². The Labute approximate surface area is 121 Å². The summed E-state index contributed by atoms with van der Waals surface area (Å²) in [5, 5.41) is 2.62. The lowest BCUT2D eigenvalue weighted by Gasteiger charge is -2.21. The zero-order valence-electron chi connectivity index (χ0n) is 12.2. The summed E-state index contributed by atoms with van der Waals surface area (Å²) in [7, 11) is 0. The molecule has 0 bridgehead atoms. The summed E-state index contributed by atoms with van der Waals surface area (Å²) in [4.78, 5) is 14.2. The summed E-state index contributed by atoms with van der Waals surface area (Å²) in [6.45, 7) is 10.2. The van der Waals surface area contributed by atoms with E-state index in [-0.39, 0.29) is 17.1 Å². The van der Waals surface area contributed by atoms with Crippen LogP contribution in [0.25, 0.3) is 0 Å². The fraction of sp³-hybridized carbons (Fsp3) is 0.533. The molecule has 1 rings (SSSR count). The normalized spacial score (nSPS) is 12.3. The molecule has 1 unspecified atom stereocenters. The molecule has 19 heavy (non-hydrogen) atoms. The van der Waals surface area contributed by atoms with Gasteiger partial charge in [0.15, 0.2) is 0 Å². The minimum atomic E-state index is -0.276. The zero-order chi connectivity index (χ0) is 14.4. The van der Waals surface area contributed by atoms with Gasteiger partial charge in [-0.15, -0.1) is 0 Å². The van der Waals surface area contributed by atoms with Crippen molar-refractivity contribution in [2.45, 2.75) is 32.9 Å². The number of hydrogen-bond acceptors (Lipinski definition) is 3. The smallest absolute Gasteiger partial charge is 0.237 e. The molecule has 0 aliphatic heterocycles. The van der Waals surface area contributed by atoms with Crippen LogP contribution in [0.4, 0.5) is 11.4 Å². The van der Waals surface area contributed by atoms with Gasteiger partial charge in [0.2, 0.25) is 5.91 Å². The predicted molar refractivity (Wildman–Crippen MR) is 86.2 cm³/mol. The molecule has 1 amide bonds. The van der Waals surface area contributed by atoms with Crippen LogP contribution in [-0.2, 0) is 4.79 Å². The molecular formula is C15H24N2OS. The van der Waals surface area contributed by atoms with Crippen LogP contribution in [-0.4, -0.2) is 24.2 Å². The van der Waals surface area contributed by atoms with Crippen LogP contribution in [0, 0.1) is 5.92 Å². The number of benzene rings is 1. The Balaban J connectivity index is 2.69. The third-order valence-electron chi connectivity index (χ3n) is 3.16. The minimum Gasteiger partial charge on any atom is -0.372 e. The summed E-state index contributed by atoms with van der Waals surface area (Å²) in [6.07, 6.45) is 0. The fourth-order valence-corrected chi connectivity index (χ4v) is 1.93. The van der Waals surface area contributed by atoms with Crippen molar-refractivity contribution in [1.29, 1.82) is 0 Å². The van der Waals surface area contributed by atoms with E-state index in [1.54, 1.807) is 0 Å². The number of nitrogens with zero attached hydrogens (tertiary/aromatic N) is 1. The zero-order valence-corrected chi connectivity index (χ0v) is 13.1. The van der Waals surface area contributed by atoms with Gasteiger partial charge in [0.25, 0.3) is 0 Å². The Morgan fingerprint density at radius 3 is 2.16 bits per heavy atom. The number of carbonyl (C=O) groups is 1. The van der Waals surface area contributed by atoms with Gasteiger partial charge in [0.1, 0.15) is 0 Å². The van der Waals surface area contributed by atoms with E-state index in [1.807, 2.05) is 38.1 Å². The number of amides is 1. The summed E-state index contributed by atoms with van der Waals surface area (Å²) in [5.74, 6) is 0.173. The summed E-state index contributed by atoms with van der Waals surface area (Å²) in [5.41, 5.74) is 2.00. The first-order valence-electron chi connectivity index (χ1n) is 6.83. The van der Waals surface area contributed by atoms with E-state index in [0.717, 1.165) is 18.8 Å². The largest absolute Gasteiger partial charge is 0.372 e. The van der Waals surface area contributed by atoms with Crippen LogP contribution in [0.2, 0.25) is 0 Å². The third-order valence-corrected chi connectivity index (χ3v) is 3.99. The van der Waals surface area contributed by atoms with Gasteiger partial charge >= 0.3 is 0 Å². The van der Waals surface area contributed by atoms with Gasteiger partial charge in [-0.2, -0.15) is 12.6 Å². The van der Waals surface area contributed by atoms with Crippen molar-refractivity contribution < 1.29 is 4.79 Å². The average molecular weight is 280 g/mol. The average Bonchev–Trinajstić information content (AvgIpc) is 2.41. The van der Waals surface area contributed by atoms with E-state index >= 15 is 0 Å². The van der Waals surface area contributed by atoms with Crippen LogP contribution in [0.5, 0.6) is 0 Å². The molecular weight excluding hydrogens is 256 g/mol. The molecule has 0 heterocycles. The van der Waals surface area contributed by atoms with Crippen molar-refractivity contribution in [3.05, 3.63) is 24.3 Å². The minimum absolute atomic E-state index is 0.0473. The van der Waals surface area contributed by atoms with E-state index in [0.29, 0.717) is 0 Å². The molecule has 106 valence electrons. The molecule has 0 saturated carbocycles. The number of rotatable bonds is 6. The summed E-state index contributed by atoms with van der Waals surface area (Å²) >= 11 is 4.31. The second-order valence-electron chi connectivity index (χ2n) is 4.90. The van der Waals surface area contributed by atoms with E-state index < -0.39 is 0 Å². The Kier molecular flexibility index (Phi) is 6.22. The van der Waals surface area contributed by atoms with E-state index in [2.05, 4.69) is 36.7 Å². The first-order valence-corrected chi connectivity index (χ1v) is 7.35.